The van der Waals surface area contributed by atoms with E-state index < -0.39 is 17.9 Å². The van der Waals surface area contributed by atoms with E-state index in [1.807, 2.05) is 0 Å². The van der Waals surface area contributed by atoms with Crippen LogP contribution in [0, 0.1) is 0 Å². The van der Waals surface area contributed by atoms with Crippen molar-refractivity contribution in [3.05, 3.63) is 70.3 Å². The predicted molar refractivity (Wildman–Crippen MR) is 93.3 cm³/mol. The maximum Gasteiger partial charge on any atom is 0.573 e. The van der Waals surface area contributed by atoms with Crippen molar-refractivity contribution in [2.45, 2.75) is 12.9 Å². The van der Waals surface area contributed by atoms with Crippen LogP contribution < -0.4 is 20.4 Å². The monoisotopic (exact) mass is 393 g/mol. The maximum absolute atomic E-state index is 12.3. The van der Waals surface area contributed by atoms with Crippen molar-refractivity contribution < 1.29 is 31.9 Å². The van der Waals surface area contributed by atoms with Gasteiger partial charge in [-0.05, 0) is 47.3 Å². The summed E-state index contributed by atoms with van der Waals surface area (Å²) >= 11 is 0. The highest BCUT2D eigenvalue weighted by Crippen LogP contribution is 2.23. The lowest BCUT2D eigenvalue weighted by atomic mass is 10.1. The molecule has 0 radical (unpaired) electrons. The van der Waals surface area contributed by atoms with Gasteiger partial charge in [0.15, 0.2) is 5.76 Å². The quantitative estimate of drug-likeness (QED) is 0.716. The summed E-state index contributed by atoms with van der Waals surface area (Å²) in [6.07, 6.45) is -4.77. The van der Waals surface area contributed by atoms with Crippen LogP contribution in [0.1, 0.15) is 16.1 Å². The first kappa shape index (κ1) is 19.3. The predicted octanol–water partition coefficient (Wildman–Crippen LogP) is 3.63. The van der Waals surface area contributed by atoms with Crippen LogP contribution in [0.2, 0.25) is 0 Å². The minimum absolute atomic E-state index is 0.0188. The number of ether oxygens (including phenoxy) is 2. The molecule has 1 heterocycles. The van der Waals surface area contributed by atoms with Gasteiger partial charge in [0.1, 0.15) is 11.5 Å². The van der Waals surface area contributed by atoms with Crippen molar-refractivity contribution in [3.8, 4) is 11.5 Å². The molecule has 2 aromatic carbocycles. The van der Waals surface area contributed by atoms with E-state index in [4.69, 9.17) is 9.15 Å². The standard InChI is InChI=1S/C19H14F3NO5/c1-26-14-6-7-15-12(8-14)9-16(27-18(15)25)17(24)23-10-11-2-4-13(5-3-11)28-19(20,21)22/h2-9H,10H2,1H3,(H,23,24). The second-order valence-electron chi connectivity index (χ2n) is 5.73. The lowest BCUT2D eigenvalue weighted by Crippen LogP contribution is -2.24. The Kier molecular flexibility index (Phi) is 5.25. The number of carbonyl (C=O) groups excluding carboxylic acids is 1. The third kappa shape index (κ3) is 4.61. The fraction of sp³-hybridized carbons (Fsp3) is 0.158. The maximum atomic E-state index is 12.3. The normalized spacial score (nSPS) is 11.3. The van der Waals surface area contributed by atoms with E-state index in [0.29, 0.717) is 22.1 Å². The SMILES string of the molecule is COc1ccc2c(=O)oc(C(=O)NCc3ccc(OC(F)(F)F)cc3)cc2c1. The van der Waals surface area contributed by atoms with Gasteiger partial charge >= 0.3 is 12.0 Å². The average molecular weight is 393 g/mol. The van der Waals surface area contributed by atoms with Crippen molar-refractivity contribution in [2.24, 2.45) is 0 Å². The first-order valence-corrected chi connectivity index (χ1v) is 8.00. The third-order valence-corrected chi connectivity index (χ3v) is 3.80. The van der Waals surface area contributed by atoms with Crippen molar-refractivity contribution in [1.82, 2.24) is 5.32 Å². The summed E-state index contributed by atoms with van der Waals surface area (Å²) in [5.41, 5.74) is -0.133. The van der Waals surface area contributed by atoms with Gasteiger partial charge in [-0.3, -0.25) is 4.79 Å². The van der Waals surface area contributed by atoms with Gasteiger partial charge in [-0.25, -0.2) is 4.79 Å². The molecule has 3 aromatic rings. The Labute approximate surface area is 156 Å². The van der Waals surface area contributed by atoms with Gasteiger partial charge in [-0.2, -0.15) is 0 Å². The number of halogens is 3. The molecule has 146 valence electrons. The summed E-state index contributed by atoms with van der Waals surface area (Å²) in [7, 11) is 1.48. The van der Waals surface area contributed by atoms with Crippen LogP contribution in [0.4, 0.5) is 13.2 Å². The molecular weight excluding hydrogens is 379 g/mol. The lowest BCUT2D eigenvalue weighted by Gasteiger charge is -2.10. The summed E-state index contributed by atoms with van der Waals surface area (Å²) in [4.78, 5) is 24.3. The van der Waals surface area contributed by atoms with Gasteiger partial charge in [-0.1, -0.05) is 12.1 Å². The second kappa shape index (κ2) is 7.63. The molecule has 0 bridgehead atoms. The Morgan fingerprint density at radius 1 is 1.07 bits per heavy atom. The molecule has 9 heteroatoms. The summed E-state index contributed by atoms with van der Waals surface area (Å²) in [6, 6.07) is 11.2. The van der Waals surface area contributed by atoms with Crippen molar-refractivity contribution in [3.63, 3.8) is 0 Å². The second-order valence-corrected chi connectivity index (χ2v) is 5.73. The Morgan fingerprint density at radius 2 is 1.75 bits per heavy atom. The molecule has 0 saturated carbocycles. The molecule has 0 atom stereocenters. The molecule has 0 spiro atoms. The van der Waals surface area contributed by atoms with Crippen molar-refractivity contribution in [2.75, 3.05) is 7.11 Å². The topological polar surface area (TPSA) is 77.8 Å². The number of hydrogen-bond donors (Lipinski definition) is 1. The van der Waals surface area contributed by atoms with E-state index in [-0.39, 0.29) is 18.1 Å². The first-order valence-electron chi connectivity index (χ1n) is 8.00. The van der Waals surface area contributed by atoms with Gasteiger partial charge in [0.2, 0.25) is 0 Å². The van der Waals surface area contributed by atoms with E-state index >= 15 is 0 Å². The molecule has 28 heavy (non-hydrogen) atoms. The Balaban J connectivity index is 1.72. The number of hydrogen-bond acceptors (Lipinski definition) is 5. The number of fused-ring (bicyclic) bond motifs is 1. The average Bonchev–Trinajstić information content (AvgIpc) is 2.65. The first-order chi connectivity index (χ1) is 13.2. The number of nitrogens with one attached hydrogen (secondary N) is 1. The van der Waals surface area contributed by atoms with Crippen LogP contribution in [0.25, 0.3) is 10.8 Å². The molecule has 0 aliphatic rings. The largest absolute Gasteiger partial charge is 0.573 e. The highest BCUT2D eigenvalue weighted by atomic mass is 19.4. The van der Waals surface area contributed by atoms with Gasteiger partial charge in [0, 0.05) is 6.54 Å². The minimum Gasteiger partial charge on any atom is -0.497 e. The highest BCUT2D eigenvalue weighted by Gasteiger charge is 2.30. The zero-order valence-corrected chi connectivity index (χ0v) is 14.5. The van der Waals surface area contributed by atoms with Crippen LogP contribution >= 0.6 is 0 Å². The van der Waals surface area contributed by atoms with Crippen molar-refractivity contribution in [1.29, 1.82) is 0 Å². The van der Waals surface area contributed by atoms with E-state index in [0.717, 1.165) is 12.1 Å². The van der Waals surface area contributed by atoms with E-state index in [1.54, 1.807) is 12.1 Å². The zero-order chi connectivity index (χ0) is 20.3. The number of benzene rings is 2. The van der Waals surface area contributed by atoms with Gasteiger partial charge < -0.3 is 19.2 Å². The summed E-state index contributed by atoms with van der Waals surface area (Å²) in [5.74, 6) is -0.678. The number of alkyl halides is 3. The molecule has 0 saturated heterocycles. The molecule has 1 N–H and O–H groups in total. The number of amides is 1. The third-order valence-electron chi connectivity index (χ3n) is 3.80. The molecule has 0 fully saturated rings. The van der Waals surface area contributed by atoms with Gasteiger partial charge in [0.05, 0.1) is 12.5 Å². The Hall–Kier alpha value is -3.49. The number of methoxy groups -OCH3 is 1. The zero-order valence-electron chi connectivity index (χ0n) is 14.5. The van der Waals surface area contributed by atoms with E-state index in [2.05, 4.69) is 10.1 Å². The summed E-state index contributed by atoms with van der Waals surface area (Å²) < 4.78 is 50.4. The summed E-state index contributed by atoms with van der Waals surface area (Å²) in [5, 5.41) is 3.32. The Morgan fingerprint density at radius 3 is 2.39 bits per heavy atom. The number of rotatable bonds is 5. The molecule has 0 aliphatic carbocycles. The van der Waals surface area contributed by atoms with Crippen LogP contribution in [-0.4, -0.2) is 19.4 Å². The molecule has 6 nitrogen and oxygen atoms in total. The molecule has 0 unspecified atom stereocenters. The fourth-order valence-corrected chi connectivity index (χ4v) is 2.49. The van der Waals surface area contributed by atoms with E-state index in [1.165, 1.54) is 31.4 Å². The summed E-state index contributed by atoms with van der Waals surface area (Å²) in [6.45, 7) is 0.0188. The molecule has 1 amide bonds. The van der Waals surface area contributed by atoms with Crippen molar-refractivity contribution >= 4 is 16.7 Å². The minimum atomic E-state index is -4.77. The molecule has 1 aromatic heterocycles. The van der Waals surface area contributed by atoms with Crippen LogP contribution in [-0.2, 0) is 6.54 Å². The van der Waals surface area contributed by atoms with Crippen LogP contribution in [0.5, 0.6) is 11.5 Å². The fourth-order valence-electron chi connectivity index (χ4n) is 2.49. The Bertz CT molecular complexity index is 1060. The highest BCUT2D eigenvalue weighted by molar-refractivity contribution is 5.95. The van der Waals surface area contributed by atoms with Crippen LogP contribution in [0.15, 0.2) is 57.7 Å². The smallest absolute Gasteiger partial charge is 0.497 e. The molecule has 3 rings (SSSR count). The number of carbonyl (C=O) groups is 1. The van der Waals surface area contributed by atoms with E-state index in [9.17, 15) is 22.8 Å². The van der Waals surface area contributed by atoms with Gasteiger partial charge in [0.25, 0.3) is 5.91 Å². The lowest BCUT2D eigenvalue weighted by molar-refractivity contribution is -0.274. The van der Waals surface area contributed by atoms with Crippen LogP contribution in [0.3, 0.4) is 0 Å². The molecular formula is C19H14F3NO5. The molecule has 0 aliphatic heterocycles. The van der Waals surface area contributed by atoms with Gasteiger partial charge in [-0.15, -0.1) is 13.2 Å².